The van der Waals surface area contributed by atoms with E-state index in [9.17, 15) is 14.4 Å². The van der Waals surface area contributed by atoms with Crippen molar-refractivity contribution in [2.45, 2.75) is 44.8 Å². The molecule has 2 atom stereocenters. The van der Waals surface area contributed by atoms with Crippen molar-refractivity contribution in [3.63, 3.8) is 0 Å². The van der Waals surface area contributed by atoms with Crippen molar-refractivity contribution in [1.82, 2.24) is 20.4 Å². The van der Waals surface area contributed by atoms with Crippen LogP contribution < -0.4 is 10.6 Å². The minimum atomic E-state index is -0.753. The highest BCUT2D eigenvalue weighted by Gasteiger charge is 2.47. The molecule has 2 N–H and O–H groups in total. The van der Waals surface area contributed by atoms with Crippen molar-refractivity contribution in [3.05, 3.63) is 94.7 Å². The van der Waals surface area contributed by atoms with Gasteiger partial charge >= 0.3 is 6.03 Å². The second kappa shape index (κ2) is 10.2. The average molecular weight is 507 g/mol. The van der Waals surface area contributed by atoms with Gasteiger partial charge in [-0.1, -0.05) is 60.1 Å². The second-order valence-corrected chi connectivity index (χ2v) is 10.5. The number of nitrogens with zero attached hydrogens (tertiary/aromatic N) is 2. The van der Waals surface area contributed by atoms with Crippen LogP contribution in [0.3, 0.4) is 0 Å². The van der Waals surface area contributed by atoms with Gasteiger partial charge in [-0.2, -0.15) is 0 Å². The van der Waals surface area contributed by atoms with E-state index >= 15 is 0 Å². The second-order valence-electron chi connectivity index (χ2n) is 10.1. The van der Waals surface area contributed by atoms with Gasteiger partial charge in [0.25, 0.3) is 5.91 Å². The van der Waals surface area contributed by atoms with E-state index in [1.807, 2.05) is 51.1 Å². The summed E-state index contributed by atoms with van der Waals surface area (Å²) >= 11 is 6.07. The molecular formula is C28H31ClN4O3. The monoisotopic (exact) mass is 506 g/mol. The highest BCUT2D eigenvalue weighted by molar-refractivity contribution is 6.30. The van der Waals surface area contributed by atoms with E-state index in [0.29, 0.717) is 22.7 Å². The first kappa shape index (κ1) is 25.5. The fraction of sp³-hybridized carbons (Fsp3) is 0.321. The first-order chi connectivity index (χ1) is 17.1. The zero-order valence-electron chi connectivity index (χ0n) is 20.8. The number of hydrogen-bond donors (Lipinski definition) is 2. The van der Waals surface area contributed by atoms with Gasteiger partial charge in [-0.15, -0.1) is 6.58 Å². The molecule has 0 saturated heterocycles. The smallest absolute Gasteiger partial charge is 0.322 e. The molecule has 0 spiro atoms. The Kier molecular flexibility index (Phi) is 7.22. The van der Waals surface area contributed by atoms with Crippen molar-refractivity contribution in [2.75, 3.05) is 13.1 Å². The van der Waals surface area contributed by atoms with Crippen LogP contribution in [-0.2, 0) is 16.0 Å². The first-order valence-corrected chi connectivity index (χ1v) is 12.3. The number of halogens is 1. The predicted molar refractivity (Wildman–Crippen MR) is 140 cm³/mol. The highest BCUT2D eigenvalue weighted by Crippen LogP contribution is 2.37. The molecule has 0 saturated carbocycles. The molecule has 0 aliphatic carbocycles. The van der Waals surface area contributed by atoms with Crippen LogP contribution >= 0.6 is 11.6 Å². The minimum absolute atomic E-state index is 0.147. The number of hydrogen-bond acceptors (Lipinski definition) is 3. The molecule has 0 radical (unpaired) electrons. The van der Waals surface area contributed by atoms with Crippen LogP contribution in [0.2, 0.25) is 5.02 Å². The fourth-order valence-corrected chi connectivity index (χ4v) is 4.75. The lowest BCUT2D eigenvalue weighted by Crippen LogP contribution is -2.54. The number of carbonyl (C=O) groups excluding carboxylic acids is 3. The maximum Gasteiger partial charge on any atom is 0.322 e. The summed E-state index contributed by atoms with van der Waals surface area (Å²) in [6, 6.07) is 14.9. The molecule has 2 heterocycles. The third kappa shape index (κ3) is 5.31. The van der Waals surface area contributed by atoms with Crippen LogP contribution in [0, 0.1) is 0 Å². The molecule has 7 nitrogen and oxygen atoms in total. The fourth-order valence-electron chi connectivity index (χ4n) is 4.63. The molecule has 4 rings (SSSR count). The third-order valence-electron chi connectivity index (χ3n) is 6.21. The van der Waals surface area contributed by atoms with Gasteiger partial charge in [0.05, 0.1) is 23.9 Å². The van der Waals surface area contributed by atoms with E-state index in [1.165, 1.54) is 4.90 Å². The number of carbonyl (C=O) groups is 3. The largest absolute Gasteiger partial charge is 0.350 e. The van der Waals surface area contributed by atoms with Gasteiger partial charge in [0.1, 0.15) is 6.04 Å². The Bertz CT molecular complexity index is 1200. The molecule has 36 heavy (non-hydrogen) atoms. The zero-order chi connectivity index (χ0) is 26.0. The Morgan fingerprint density at radius 1 is 1.17 bits per heavy atom. The number of benzene rings is 2. The summed E-state index contributed by atoms with van der Waals surface area (Å²) in [4.78, 5) is 43.7. The van der Waals surface area contributed by atoms with Crippen LogP contribution in [0.15, 0.2) is 78.5 Å². The average Bonchev–Trinajstić information content (AvgIpc) is 3.16. The Hall–Kier alpha value is -3.58. The molecule has 188 valence electrons. The molecule has 2 aromatic carbocycles. The summed E-state index contributed by atoms with van der Waals surface area (Å²) in [6.07, 6.45) is 1.97. The molecule has 2 aliphatic heterocycles. The summed E-state index contributed by atoms with van der Waals surface area (Å²) in [5, 5.41) is 6.55. The molecule has 0 aromatic heterocycles. The van der Waals surface area contributed by atoms with Crippen molar-refractivity contribution in [2.24, 2.45) is 0 Å². The Labute approximate surface area is 216 Å². The van der Waals surface area contributed by atoms with Gasteiger partial charge < -0.3 is 15.5 Å². The lowest BCUT2D eigenvalue weighted by molar-refractivity contribution is -0.137. The lowest BCUT2D eigenvalue weighted by atomic mass is 9.95. The van der Waals surface area contributed by atoms with Crippen molar-refractivity contribution in [3.8, 4) is 0 Å². The Balaban J connectivity index is 1.74. The van der Waals surface area contributed by atoms with E-state index in [1.54, 1.807) is 35.2 Å². The van der Waals surface area contributed by atoms with E-state index in [4.69, 9.17) is 11.6 Å². The van der Waals surface area contributed by atoms with Crippen LogP contribution in [0.5, 0.6) is 0 Å². The minimum Gasteiger partial charge on any atom is -0.350 e. The molecule has 2 aromatic rings. The number of urea groups is 1. The first-order valence-electron chi connectivity index (χ1n) is 11.9. The Morgan fingerprint density at radius 2 is 1.83 bits per heavy atom. The molecule has 0 unspecified atom stereocenters. The summed E-state index contributed by atoms with van der Waals surface area (Å²) in [6.45, 7) is 9.88. The van der Waals surface area contributed by atoms with Crippen LogP contribution in [-0.4, -0.2) is 52.3 Å². The summed E-state index contributed by atoms with van der Waals surface area (Å²) in [5.74, 6) is -0.513. The summed E-state index contributed by atoms with van der Waals surface area (Å²) < 4.78 is 0. The maximum atomic E-state index is 14.0. The number of amides is 4. The lowest BCUT2D eigenvalue weighted by Gasteiger charge is -2.33. The van der Waals surface area contributed by atoms with Gasteiger partial charge in [-0.3, -0.25) is 14.5 Å². The van der Waals surface area contributed by atoms with Crippen LogP contribution in [0.1, 0.15) is 37.9 Å². The zero-order valence-corrected chi connectivity index (χ0v) is 21.5. The standard InChI is InChI=1S/C28H31ClN4O3/c1-5-15-32-22-17-33(21(25(34)31-28(2,3)4)16-18-9-7-6-8-10-18)26(35)23(22)24(30-27(32)36)19-11-13-20(29)14-12-19/h5-14,21,24H,1,15-17H2,2-4H3,(H,30,36)(H,31,34)/t21-,24-/m1/s1. The quantitative estimate of drug-likeness (QED) is 0.552. The molecule has 0 bridgehead atoms. The van der Waals surface area contributed by atoms with Crippen molar-refractivity contribution >= 4 is 29.4 Å². The van der Waals surface area contributed by atoms with Gasteiger partial charge in [0.15, 0.2) is 0 Å². The maximum absolute atomic E-state index is 14.0. The van der Waals surface area contributed by atoms with Crippen molar-refractivity contribution in [1.29, 1.82) is 0 Å². The van der Waals surface area contributed by atoms with E-state index in [2.05, 4.69) is 17.2 Å². The summed E-state index contributed by atoms with van der Waals surface area (Å²) in [7, 11) is 0. The van der Waals surface area contributed by atoms with E-state index in [-0.39, 0.29) is 30.9 Å². The highest BCUT2D eigenvalue weighted by atomic mass is 35.5. The van der Waals surface area contributed by atoms with Gasteiger partial charge in [0, 0.05) is 23.5 Å². The Morgan fingerprint density at radius 3 is 2.44 bits per heavy atom. The van der Waals surface area contributed by atoms with E-state index in [0.717, 1.165) is 11.1 Å². The number of nitrogens with one attached hydrogen (secondary N) is 2. The van der Waals surface area contributed by atoms with Crippen LogP contribution in [0.4, 0.5) is 4.79 Å². The van der Waals surface area contributed by atoms with Gasteiger partial charge in [0.2, 0.25) is 5.91 Å². The molecule has 2 aliphatic rings. The number of rotatable bonds is 7. The molecular weight excluding hydrogens is 476 g/mol. The predicted octanol–water partition coefficient (Wildman–Crippen LogP) is 4.21. The molecule has 4 amide bonds. The molecule has 8 heteroatoms. The van der Waals surface area contributed by atoms with Crippen LogP contribution in [0.25, 0.3) is 0 Å². The summed E-state index contributed by atoms with van der Waals surface area (Å²) in [5.41, 5.74) is 2.26. The van der Waals surface area contributed by atoms with E-state index < -0.39 is 17.6 Å². The molecule has 0 fully saturated rings. The SMILES string of the molecule is C=CCN1C(=O)N[C@H](c2ccc(Cl)cc2)C2=C1CN([C@H](Cc1ccccc1)C(=O)NC(C)(C)C)C2=O. The van der Waals surface area contributed by atoms with Gasteiger partial charge in [-0.25, -0.2) is 4.79 Å². The van der Waals surface area contributed by atoms with Crippen molar-refractivity contribution < 1.29 is 14.4 Å². The third-order valence-corrected chi connectivity index (χ3v) is 6.47. The van der Waals surface area contributed by atoms with Gasteiger partial charge in [-0.05, 0) is 44.0 Å². The normalized spacial score (nSPS) is 18.6. The topological polar surface area (TPSA) is 81.8 Å².